The Morgan fingerprint density at radius 2 is 1.74 bits per heavy atom. The highest BCUT2D eigenvalue weighted by Gasteiger charge is 2.06. The predicted molar refractivity (Wildman–Crippen MR) is 68.3 cm³/mol. The van der Waals surface area contributed by atoms with Gasteiger partial charge in [-0.3, -0.25) is 0 Å². The smallest absolute Gasteiger partial charge is 0.132 e. The van der Waals surface area contributed by atoms with Gasteiger partial charge in [-0.25, -0.2) is 0 Å². The lowest BCUT2D eigenvalue weighted by molar-refractivity contribution is 0.276. The lowest BCUT2D eigenvalue weighted by atomic mass is 10.1. The van der Waals surface area contributed by atoms with Crippen LogP contribution < -0.4 is 4.74 Å². The molecule has 1 N–H and O–H groups in total. The van der Waals surface area contributed by atoms with E-state index >= 15 is 0 Å². The van der Waals surface area contributed by atoms with E-state index in [0.717, 1.165) is 0 Å². The van der Waals surface area contributed by atoms with Crippen LogP contribution in [0, 0.1) is 22.7 Å². The topological polar surface area (TPSA) is 77.0 Å². The highest BCUT2D eigenvalue weighted by atomic mass is 16.5. The summed E-state index contributed by atoms with van der Waals surface area (Å²) >= 11 is 0. The Morgan fingerprint density at radius 1 is 1.00 bits per heavy atom. The lowest BCUT2D eigenvalue weighted by Crippen LogP contribution is -1.92. The number of aliphatic hydroxyl groups is 1. The van der Waals surface area contributed by atoms with Gasteiger partial charge in [0, 0.05) is 5.56 Å². The molecule has 0 heterocycles. The minimum absolute atomic E-state index is 0.127. The van der Waals surface area contributed by atoms with Crippen molar-refractivity contribution in [3.8, 4) is 23.6 Å². The summed E-state index contributed by atoms with van der Waals surface area (Å²) < 4.78 is 5.62. The van der Waals surface area contributed by atoms with Crippen molar-refractivity contribution in [2.45, 2.75) is 6.61 Å². The molecule has 0 amide bonds. The van der Waals surface area contributed by atoms with Crippen molar-refractivity contribution >= 4 is 0 Å². The Hall–Kier alpha value is -2.82. The number of hydrogen-bond donors (Lipinski definition) is 1. The highest BCUT2D eigenvalue weighted by molar-refractivity contribution is 5.50. The molecule has 0 bridgehead atoms. The second kappa shape index (κ2) is 5.68. The highest BCUT2D eigenvalue weighted by Crippen LogP contribution is 2.26. The van der Waals surface area contributed by atoms with Crippen LogP contribution >= 0.6 is 0 Å². The van der Waals surface area contributed by atoms with Gasteiger partial charge in [0.15, 0.2) is 0 Å². The van der Waals surface area contributed by atoms with Gasteiger partial charge in [-0.2, -0.15) is 10.5 Å². The van der Waals surface area contributed by atoms with E-state index in [2.05, 4.69) is 0 Å². The molecular weight excluding hydrogens is 240 g/mol. The Kier molecular flexibility index (Phi) is 3.78. The normalized spacial score (nSPS) is 9.42. The van der Waals surface area contributed by atoms with Crippen LogP contribution in [-0.4, -0.2) is 5.11 Å². The molecule has 2 aromatic carbocycles. The summed E-state index contributed by atoms with van der Waals surface area (Å²) in [6, 6.07) is 15.6. The van der Waals surface area contributed by atoms with E-state index in [1.807, 2.05) is 12.1 Å². The van der Waals surface area contributed by atoms with E-state index < -0.39 is 0 Å². The zero-order valence-corrected chi connectivity index (χ0v) is 10.00. The molecule has 0 unspecified atom stereocenters. The molecule has 4 heteroatoms. The second-order valence-corrected chi connectivity index (χ2v) is 3.80. The maximum atomic E-state index is 9.20. The number of nitrogens with zero attached hydrogens (tertiary/aromatic N) is 2. The largest absolute Gasteiger partial charge is 0.457 e. The molecule has 0 saturated carbocycles. The standard InChI is InChI=1S/C15H10N2O2/c16-8-11-5-6-14(7-13(11)9-17)19-15-4-2-1-3-12(15)10-18/h1-7,18H,10H2. The molecule has 0 aromatic heterocycles. The average Bonchev–Trinajstić information content (AvgIpc) is 2.47. The molecule has 0 aliphatic heterocycles. The van der Waals surface area contributed by atoms with Gasteiger partial charge in [-0.15, -0.1) is 0 Å². The summed E-state index contributed by atoms with van der Waals surface area (Å²) in [7, 11) is 0. The number of hydrogen-bond acceptors (Lipinski definition) is 4. The van der Waals surface area contributed by atoms with Crippen LogP contribution in [0.25, 0.3) is 0 Å². The SMILES string of the molecule is N#Cc1ccc(Oc2ccccc2CO)cc1C#N. The summed E-state index contributed by atoms with van der Waals surface area (Å²) in [6.45, 7) is -0.127. The number of rotatable bonds is 3. The lowest BCUT2D eigenvalue weighted by Gasteiger charge is -2.09. The molecule has 0 aliphatic rings. The first-order chi connectivity index (χ1) is 9.28. The molecule has 2 rings (SSSR count). The zero-order valence-electron chi connectivity index (χ0n) is 10.00. The van der Waals surface area contributed by atoms with E-state index in [1.165, 1.54) is 12.1 Å². The van der Waals surface area contributed by atoms with Crippen molar-refractivity contribution in [1.82, 2.24) is 0 Å². The van der Waals surface area contributed by atoms with Crippen LogP contribution in [0.4, 0.5) is 0 Å². The van der Waals surface area contributed by atoms with E-state index in [4.69, 9.17) is 15.3 Å². The summed E-state index contributed by atoms with van der Waals surface area (Å²) in [5.74, 6) is 0.982. The average molecular weight is 250 g/mol. The fourth-order valence-electron chi connectivity index (χ4n) is 1.64. The van der Waals surface area contributed by atoms with Gasteiger partial charge in [-0.05, 0) is 24.3 Å². The fraction of sp³-hybridized carbons (Fsp3) is 0.0667. The Morgan fingerprint density at radius 3 is 2.42 bits per heavy atom. The van der Waals surface area contributed by atoms with Gasteiger partial charge in [-0.1, -0.05) is 18.2 Å². The third kappa shape index (κ3) is 2.71. The van der Waals surface area contributed by atoms with Crippen molar-refractivity contribution in [3.63, 3.8) is 0 Å². The molecule has 0 saturated heterocycles. The quantitative estimate of drug-likeness (QED) is 0.908. The maximum Gasteiger partial charge on any atom is 0.132 e. The predicted octanol–water partition coefficient (Wildman–Crippen LogP) is 2.71. The minimum Gasteiger partial charge on any atom is -0.457 e. The van der Waals surface area contributed by atoms with Crippen LogP contribution in [-0.2, 0) is 6.61 Å². The molecule has 19 heavy (non-hydrogen) atoms. The van der Waals surface area contributed by atoms with E-state index in [1.54, 1.807) is 30.3 Å². The van der Waals surface area contributed by atoms with Gasteiger partial charge in [0.1, 0.15) is 23.6 Å². The van der Waals surface area contributed by atoms with Gasteiger partial charge in [0.05, 0.1) is 17.7 Å². The van der Waals surface area contributed by atoms with Crippen molar-refractivity contribution in [2.75, 3.05) is 0 Å². The van der Waals surface area contributed by atoms with Gasteiger partial charge < -0.3 is 9.84 Å². The third-order valence-electron chi connectivity index (χ3n) is 2.60. The Bertz CT molecular complexity index is 681. The molecule has 0 fully saturated rings. The van der Waals surface area contributed by atoms with Gasteiger partial charge in [0.2, 0.25) is 0 Å². The van der Waals surface area contributed by atoms with Crippen molar-refractivity contribution < 1.29 is 9.84 Å². The first-order valence-corrected chi connectivity index (χ1v) is 5.59. The van der Waals surface area contributed by atoms with Gasteiger partial charge >= 0.3 is 0 Å². The summed E-state index contributed by atoms with van der Waals surface area (Å²) in [5.41, 5.74) is 1.23. The zero-order chi connectivity index (χ0) is 13.7. The van der Waals surface area contributed by atoms with E-state index in [0.29, 0.717) is 22.6 Å². The molecule has 0 spiro atoms. The molecule has 0 atom stereocenters. The third-order valence-corrected chi connectivity index (χ3v) is 2.60. The molecule has 2 aromatic rings. The molecule has 92 valence electrons. The number of ether oxygens (including phenoxy) is 1. The number of nitriles is 2. The minimum atomic E-state index is -0.127. The Balaban J connectivity index is 2.35. The van der Waals surface area contributed by atoms with Crippen LogP contribution in [0.3, 0.4) is 0 Å². The summed E-state index contributed by atoms with van der Waals surface area (Å²) in [4.78, 5) is 0. The van der Waals surface area contributed by atoms with E-state index in [-0.39, 0.29) is 12.2 Å². The molecule has 0 aliphatic carbocycles. The van der Waals surface area contributed by atoms with Crippen LogP contribution in [0.5, 0.6) is 11.5 Å². The van der Waals surface area contributed by atoms with Crippen molar-refractivity contribution in [3.05, 3.63) is 59.2 Å². The van der Waals surface area contributed by atoms with Crippen LogP contribution in [0.1, 0.15) is 16.7 Å². The van der Waals surface area contributed by atoms with Gasteiger partial charge in [0.25, 0.3) is 0 Å². The maximum absolute atomic E-state index is 9.20. The fourth-order valence-corrected chi connectivity index (χ4v) is 1.64. The van der Waals surface area contributed by atoms with Crippen molar-refractivity contribution in [2.24, 2.45) is 0 Å². The first-order valence-electron chi connectivity index (χ1n) is 5.59. The van der Waals surface area contributed by atoms with Crippen LogP contribution in [0.2, 0.25) is 0 Å². The summed E-state index contributed by atoms with van der Waals surface area (Å²) in [6.07, 6.45) is 0. The first kappa shape index (κ1) is 12.6. The number of para-hydroxylation sites is 1. The molecule has 4 nitrogen and oxygen atoms in total. The molecule has 0 radical (unpaired) electrons. The number of aliphatic hydroxyl groups excluding tert-OH is 1. The Labute approximate surface area is 110 Å². The second-order valence-electron chi connectivity index (χ2n) is 3.80. The molecular formula is C15H10N2O2. The van der Waals surface area contributed by atoms with Crippen molar-refractivity contribution in [1.29, 1.82) is 10.5 Å². The monoisotopic (exact) mass is 250 g/mol. The number of benzene rings is 2. The van der Waals surface area contributed by atoms with E-state index in [9.17, 15) is 5.11 Å². The van der Waals surface area contributed by atoms with Crippen LogP contribution in [0.15, 0.2) is 42.5 Å². The summed E-state index contributed by atoms with van der Waals surface area (Å²) in [5, 5.41) is 27.0.